The Bertz CT molecular complexity index is 3580. The molecule has 1 unspecified atom stereocenters. The van der Waals surface area contributed by atoms with Crippen LogP contribution in [0.3, 0.4) is 0 Å². The predicted octanol–water partition coefficient (Wildman–Crippen LogP) is 16.4. The van der Waals surface area contributed by atoms with Crippen molar-refractivity contribution in [2.24, 2.45) is 0 Å². The lowest BCUT2D eigenvalue weighted by Crippen LogP contribution is -2.28. The molecule has 0 saturated carbocycles. The first-order chi connectivity index (χ1) is 32.1. The summed E-state index contributed by atoms with van der Waals surface area (Å²) in [5, 5.41) is 2.19. The fourth-order valence-electron chi connectivity index (χ4n) is 11.5. The zero-order valence-electron chi connectivity index (χ0n) is 35.9. The minimum atomic E-state index is -0.544. The molecular formula is C63H43NO. The number of furan rings is 1. The van der Waals surface area contributed by atoms with E-state index in [2.05, 4.69) is 248 Å². The molecule has 0 fully saturated rings. The third-order valence-electron chi connectivity index (χ3n) is 14.4. The van der Waals surface area contributed by atoms with Gasteiger partial charge in [-0.05, 0) is 122 Å². The summed E-state index contributed by atoms with van der Waals surface area (Å²) in [5.41, 5.74) is 20.6. The van der Waals surface area contributed by atoms with E-state index in [9.17, 15) is 0 Å². The Morgan fingerprint density at radius 3 is 1.58 bits per heavy atom. The Kier molecular flexibility index (Phi) is 8.29. The Morgan fingerprint density at radius 2 is 0.846 bits per heavy atom. The van der Waals surface area contributed by atoms with E-state index in [-0.39, 0.29) is 5.41 Å². The van der Waals surface area contributed by atoms with Gasteiger partial charge in [0.1, 0.15) is 11.2 Å². The van der Waals surface area contributed by atoms with Gasteiger partial charge in [-0.25, -0.2) is 0 Å². The second-order valence-corrected chi connectivity index (χ2v) is 17.7. The summed E-state index contributed by atoms with van der Waals surface area (Å²) in [6.45, 7) is 2.40. The van der Waals surface area contributed by atoms with E-state index in [4.69, 9.17) is 4.42 Å². The lowest BCUT2D eigenvalue weighted by atomic mass is 9.67. The van der Waals surface area contributed by atoms with Gasteiger partial charge in [0.15, 0.2) is 0 Å². The minimum absolute atomic E-state index is 0.321. The van der Waals surface area contributed by atoms with Crippen LogP contribution in [0.2, 0.25) is 0 Å². The molecule has 0 bridgehead atoms. The molecule has 0 saturated heterocycles. The molecule has 0 amide bonds. The topological polar surface area (TPSA) is 16.4 Å². The first-order valence-corrected chi connectivity index (χ1v) is 22.6. The SMILES string of the molecule is CC1(c2ccccc2)c2ccccc2-c2ccc(-c3ccccc3N(c3ccc4c(c3)C(c3ccccc3)(c3ccccc3)c3ccccc3-4)c3ccc4oc5ccccc5c4c3)cc21. The zero-order valence-corrected chi connectivity index (χ0v) is 35.9. The number of benzene rings is 10. The van der Waals surface area contributed by atoms with Gasteiger partial charge in [-0.2, -0.15) is 0 Å². The van der Waals surface area contributed by atoms with Crippen LogP contribution < -0.4 is 4.90 Å². The lowest BCUT2D eigenvalue weighted by Gasteiger charge is -2.35. The van der Waals surface area contributed by atoms with Crippen LogP contribution in [0, 0.1) is 0 Å². The normalized spacial score (nSPS) is 15.3. The highest BCUT2D eigenvalue weighted by Crippen LogP contribution is 2.58. The quantitative estimate of drug-likeness (QED) is 0.159. The number of para-hydroxylation sites is 2. The standard InChI is InChI=1S/C63H43NO/c1-62(43-19-5-2-6-20-43)55-29-15-11-26-49(55)51-36-33-42(39-57(51)62)48-25-13-17-31-59(48)64(46-35-38-61-54(40-46)53-28-14-18-32-60(53)65-61)47-34-37-52-50-27-12-16-30-56(50)63(58(52)41-47,44-21-7-3-8-22-44)45-23-9-4-10-24-45/h2-41H,1H3. The molecular weight excluding hydrogens is 787 g/mol. The summed E-state index contributed by atoms with van der Waals surface area (Å²) in [6.07, 6.45) is 0. The van der Waals surface area contributed by atoms with E-state index in [0.29, 0.717) is 0 Å². The predicted molar refractivity (Wildman–Crippen MR) is 269 cm³/mol. The van der Waals surface area contributed by atoms with E-state index in [1.165, 1.54) is 66.8 Å². The smallest absolute Gasteiger partial charge is 0.135 e. The van der Waals surface area contributed by atoms with Crippen molar-refractivity contribution in [3.8, 4) is 33.4 Å². The molecule has 0 spiro atoms. The van der Waals surface area contributed by atoms with Crippen LogP contribution in [0.5, 0.6) is 0 Å². The fourth-order valence-corrected chi connectivity index (χ4v) is 11.5. The van der Waals surface area contributed by atoms with Gasteiger partial charge in [-0.1, -0.05) is 194 Å². The van der Waals surface area contributed by atoms with E-state index in [0.717, 1.165) is 44.6 Å². The molecule has 10 aromatic carbocycles. The highest BCUT2D eigenvalue weighted by molar-refractivity contribution is 6.07. The van der Waals surface area contributed by atoms with Crippen LogP contribution in [0.25, 0.3) is 55.3 Å². The molecule has 306 valence electrons. The molecule has 2 nitrogen and oxygen atoms in total. The van der Waals surface area contributed by atoms with Gasteiger partial charge in [0.05, 0.1) is 11.1 Å². The van der Waals surface area contributed by atoms with Crippen LogP contribution in [0.15, 0.2) is 247 Å². The third-order valence-corrected chi connectivity index (χ3v) is 14.4. The van der Waals surface area contributed by atoms with Crippen molar-refractivity contribution < 1.29 is 4.42 Å². The number of hydrogen-bond acceptors (Lipinski definition) is 2. The minimum Gasteiger partial charge on any atom is -0.456 e. The summed E-state index contributed by atoms with van der Waals surface area (Å²) >= 11 is 0. The maximum Gasteiger partial charge on any atom is 0.135 e. The first-order valence-electron chi connectivity index (χ1n) is 22.6. The van der Waals surface area contributed by atoms with Crippen molar-refractivity contribution in [3.63, 3.8) is 0 Å². The van der Waals surface area contributed by atoms with Crippen LogP contribution in [-0.4, -0.2) is 0 Å². The Balaban J connectivity index is 1.07. The molecule has 0 aliphatic heterocycles. The van der Waals surface area contributed by atoms with Crippen LogP contribution in [0.4, 0.5) is 17.1 Å². The Hall–Kier alpha value is -8.20. The lowest BCUT2D eigenvalue weighted by molar-refractivity contribution is 0.669. The van der Waals surface area contributed by atoms with E-state index in [1.807, 2.05) is 6.07 Å². The largest absolute Gasteiger partial charge is 0.456 e. The van der Waals surface area contributed by atoms with Crippen molar-refractivity contribution in [2.45, 2.75) is 17.8 Å². The summed E-state index contributed by atoms with van der Waals surface area (Å²) in [7, 11) is 0. The maximum atomic E-state index is 6.42. The van der Waals surface area contributed by atoms with Gasteiger partial charge in [0.25, 0.3) is 0 Å². The van der Waals surface area contributed by atoms with E-state index in [1.54, 1.807) is 0 Å². The zero-order chi connectivity index (χ0) is 43.1. The molecule has 0 radical (unpaired) electrons. The van der Waals surface area contributed by atoms with Crippen LogP contribution in [0.1, 0.15) is 45.9 Å². The van der Waals surface area contributed by atoms with E-state index >= 15 is 0 Å². The number of rotatable bonds is 7. The van der Waals surface area contributed by atoms with Gasteiger partial charge in [-0.15, -0.1) is 0 Å². The fraction of sp³-hybridized carbons (Fsp3) is 0.0476. The molecule has 65 heavy (non-hydrogen) atoms. The summed E-state index contributed by atoms with van der Waals surface area (Å²) in [4.78, 5) is 2.47. The second kappa shape index (κ2) is 14.4. The average Bonchev–Trinajstić information content (AvgIpc) is 3.99. The molecule has 1 aromatic heterocycles. The highest BCUT2D eigenvalue weighted by Gasteiger charge is 2.46. The van der Waals surface area contributed by atoms with Gasteiger partial charge in [0.2, 0.25) is 0 Å². The number of fused-ring (bicyclic) bond motifs is 9. The number of anilines is 3. The molecule has 13 rings (SSSR count). The second-order valence-electron chi connectivity index (χ2n) is 17.7. The number of hydrogen-bond donors (Lipinski definition) is 0. The summed E-state index contributed by atoms with van der Waals surface area (Å²) in [5.74, 6) is 0. The van der Waals surface area contributed by atoms with Crippen molar-refractivity contribution >= 4 is 39.0 Å². The van der Waals surface area contributed by atoms with Gasteiger partial charge >= 0.3 is 0 Å². The van der Waals surface area contributed by atoms with Gasteiger partial charge in [-0.3, -0.25) is 0 Å². The molecule has 2 aliphatic rings. The van der Waals surface area contributed by atoms with Crippen molar-refractivity contribution in [3.05, 3.63) is 282 Å². The molecule has 1 atom stereocenters. The monoisotopic (exact) mass is 829 g/mol. The maximum absolute atomic E-state index is 6.42. The highest BCUT2D eigenvalue weighted by atomic mass is 16.3. The Morgan fingerprint density at radius 1 is 0.338 bits per heavy atom. The average molecular weight is 830 g/mol. The number of nitrogens with zero attached hydrogens (tertiary/aromatic N) is 1. The molecule has 11 aromatic rings. The first kappa shape index (κ1) is 37.4. The molecule has 2 heteroatoms. The van der Waals surface area contributed by atoms with Crippen molar-refractivity contribution in [1.29, 1.82) is 0 Å². The van der Waals surface area contributed by atoms with Crippen LogP contribution >= 0.6 is 0 Å². The Labute approximate surface area is 379 Å². The summed E-state index contributed by atoms with van der Waals surface area (Å²) < 4.78 is 6.42. The van der Waals surface area contributed by atoms with Crippen molar-refractivity contribution in [2.75, 3.05) is 4.90 Å². The van der Waals surface area contributed by atoms with Gasteiger partial charge in [0, 0.05) is 33.1 Å². The molecule has 2 aliphatic carbocycles. The van der Waals surface area contributed by atoms with E-state index < -0.39 is 5.41 Å². The molecule has 1 heterocycles. The van der Waals surface area contributed by atoms with Crippen LogP contribution in [-0.2, 0) is 10.8 Å². The summed E-state index contributed by atoms with van der Waals surface area (Å²) in [6, 6.07) is 89.3. The van der Waals surface area contributed by atoms with Crippen molar-refractivity contribution in [1.82, 2.24) is 0 Å². The third kappa shape index (κ3) is 5.41. The van der Waals surface area contributed by atoms with Gasteiger partial charge < -0.3 is 9.32 Å². The molecule has 0 N–H and O–H groups in total.